The molecule has 0 amide bonds. The molecule has 0 saturated carbocycles. The van der Waals surface area contributed by atoms with Crippen molar-refractivity contribution in [2.24, 2.45) is 12.9 Å². The fourth-order valence-electron chi connectivity index (χ4n) is 1.67. The standard InChI is InChI=1S/C11H16N4S/c1-15-7-11(13-8-15)10(14-12)5-4-9-3-2-6-16-9/h2-3,6-8,10,14H,4-5,12H2,1H3. The second-order valence-electron chi connectivity index (χ2n) is 3.80. The fourth-order valence-corrected chi connectivity index (χ4v) is 2.40. The minimum atomic E-state index is 0.128. The van der Waals surface area contributed by atoms with Crippen LogP contribution in [0.2, 0.25) is 0 Å². The zero-order valence-electron chi connectivity index (χ0n) is 9.26. The molecule has 0 aliphatic carbocycles. The van der Waals surface area contributed by atoms with Crippen LogP contribution in [0.15, 0.2) is 30.0 Å². The molecule has 2 heterocycles. The monoisotopic (exact) mass is 236 g/mol. The number of aromatic nitrogens is 2. The summed E-state index contributed by atoms with van der Waals surface area (Å²) < 4.78 is 1.94. The molecule has 0 spiro atoms. The van der Waals surface area contributed by atoms with E-state index in [0.29, 0.717) is 0 Å². The highest BCUT2D eigenvalue weighted by atomic mass is 32.1. The average molecular weight is 236 g/mol. The number of aryl methyl sites for hydroxylation is 2. The highest BCUT2D eigenvalue weighted by molar-refractivity contribution is 7.09. The van der Waals surface area contributed by atoms with Crippen LogP contribution in [0.4, 0.5) is 0 Å². The molecule has 2 rings (SSSR count). The lowest BCUT2D eigenvalue weighted by molar-refractivity contribution is 0.507. The Morgan fingerprint density at radius 2 is 2.50 bits per heavy atom. The van der Waals surface area contributed by atoms with Gasteiger partial charge in [0, 0.05) is 18.1 Å². The summed E-state index contributed by atoms with van der Waals surface area (Å²) in [5, 5.41) is 2.10. The van der Waals surface area contributed by atoms with E-state index in [-0.39, 0.29) is 6.04 Å². The van der Waals surface area contributed by atoms with Gasteiger partial charge in [-0.15, -0.1) is 11.3 Å². The van der Waals surface area contributed by atoms with Gasteiger partial charge in [0.2, 0.25) is 0 Å². The fraction of sp³-hybridized carbons (Fsp3) is 0.364. The van der Waals surface area contributed by atoms with Crippen LogP contribution in [0.1, 0.15) is 23.0 Å². The molecule has 3 N–H and O–H groups in total. The molecule has 86 valence electrons. The van der Waals surface area contributed by atoms with Gasteiger partial charge >= 0.3 is 0 Å². The number of hydrazine groups is 1. The van der Waals surface area contributed by atoms with E-state index < -0.39 is 0 Å². The Morgan fingerprint density at radius 3 is 3.06 bits per heavy atom. The summed E-state index contributed by atoms with van der Waals surface area (Å²) >= 11 is 1.78. The second kappa shape index (κ2) is 5.25. The molecule has 1 unspecified atom stereocenters. The molecule has 0 fully saturated rings. The highest BCUT2D eigenvalue weighted by Gasteiger charge is 2.12. The van der Waals surface area contributed by atoms with Crippen LogP contribution in [0.25, 0.3) is 0 Å². The second-order valence-corrected chi connectivity index (χ2v) is 4.83. The average Bonchev–Trinajstić information content (AvgIpc) is 2.91. The molecule has 5 heteroatoms. The molecule has 2 aromatic heterocycles. The predicted octanol–water partition coefficient (Wildman–Crippen LogP) is 1.62. The van der Waals surface area contributed by atoms with Gasteiger partial charge in [0.05, 0.1) is 18.1 Å². The van der Waals surface area contributed by atoms with Crippen LogP contribution < -0.4 is 11.3 Å². The summed E-state index contributed by atoms with van der Waals surface area (Å²) in [6.45, 7) is 0. The Bertz CT molecular complexity index is 421. The highest BCUT2D eigenvalue weighted by Crippen LogP contribution is 2.18. The summed E-state index contributed by atoms with van der Waals surface area (Å²) in [6.07, 6.45) is 5.79. The Balaban J connectivity index is 1.96. The zero-order chi connectivity index (χ0) is 11.4. The van der Waals surface area contributed by atoms with Gasteiger partial charge < -0.3 is 4.57 Å². The smallest absolute Gasteiger partial charge is 0.0947 e. The molecular weight excluding hydrogens is 220 g/mol. The molecule has 1 atom stereocenters. The first-order chi connectivity index (χ1) is 7.79. The van der Waals surface area contributed by atoms with Crippen LogP contribution in [0, 0.1) is 0 Å². The Morgan fingerprint density at radius 1 is 1.62 bits per heavy atom. The van der Waals surface area contributed by atoms with Crippen molar-refractivity contribution in [1.82, 2.24) is 15.0 Å². The topological polar surface area (TPSA) is 55.9 Å². The van der Waals surface area contributed by atoms with Crippen molar-refractivity contribution in [3.8, 4) is 0 Å². The predicted molar refractivity (Wildman–Crippen MR) is 65.9 cm³/mol. The van der Waals surface area contributed by atoms with Crippen molar-refractivity contribution < 1.29 is 0 Å². The van der Waals surface area contributed by atoms with E-state index in [2.05, 4.69) is 27.9 Å². The molecule has 0 aliphatic heterocycles. The van der Waals surface area contributed by atoms with Gasteiger partial charge in [0.15, 0.2) is 0 Å². The summed E-state index contributed by atoms with van der Waals surface area (Å²) in [6, 6.07) is 4.35. The molecule has 0 aromatic carbocycles. The summed E-state index contributed by atoms with van der Waals surface area (Å²) in [7, 11) is 1.96. The van der Waals surface area contributed by atoms with Crippen LogP contribution >= 0.6 is 11.3 Å². The van der Waals surface area contributed by atoms with Gasteiger partial charge in [-0.25, -0.2) is 4.98 Å². The van der Waals surface area contributed by atoms with Gasteiger partial charge in [-0.05, 0) is 24.3 Å². The van der Waals surface area contributed by atoms with Gasteiger partial charge in [0.1, 0.15) is 0 Å². The summed E-state index contributed by atoms with van der Waals surface area (Å²) in [5.74, 6) is 5.56. The maximum atomic E-state index is 5.56. The molecule has 4 nitrogen and oxygen atoms in total. The number of hydrogen-bond donors (Lipinski definition) is 2. The van der Waals surface area contributed by atoms with Crippen LogP contribution in [0.5, 0.6) is 0 Å². The number of nitrogens with zero attached hydrogens (tertiary/aromatic N) is 2. The molecule has 0 saturated heterocycles. The Hall–Kier alpha value is -1.17. The lowest BCUT2D eigenvalue weighted by Crippen LogP contribution is -2.28. The third-order valence-electron chi connectivity index (χ3n) is 2.54. The largest absolute Gasteiger partial charge is 0.340 e. The molecule has 2 aromatic rings. The van der Waals surface area contributed by atoms with Crippen molar-refractivity contribution in [3.05, 3.63) is 40.6 Å². The zero-order valence-corrected chi connectivity index (χ0v) is 10.1. The van der Waals surface area contributed by atoms with Gasteiger partial charge in [0.25, 0.3) is 0 Å². The van der Waals surface area contributed by atoms with E-state index in [4.69, 9.17) is 5.84 Å². The van der Waals surface area contributed by atoms with E-state index in [1.54, 1.807) is 17.7 Å². The Kier molecular flexibility index (Phi) is 3.71. The number of nitrogens with two attached hydrogens (primary N) is 1. The van der Waals surface area contributed by atoms with E-state index in [1.807, 2.05) is 17.8 Å². The van der Waals surface area contributed by atoms with Crippen LogP contribution in [-0.4, -0.2) is 9.55 Å². The van der Waals surface area contributed by atoms with Gasteiger partial charge in [-0.3, -0.25) is 11.3 Å². The lowest BCUT2D eigenvalue weighted by Gasteiger charge is -2.12. The van der Waals surface area contributed by atoms with Crippen molar-refractivity contribution in [2.75, 3.05) is 0 Å². The first-order valence-corrected chi connectivity index (χ1v) is 6.14. The van der Waals surface area contributed by atoms with Gasteiger partial charge in [-0.2, -0.15) is 0 Å². The van der Waals surface area contributed by atoms with Crippen molar-refractivity contribution in [2.45, 2.75) is 18.9 Å². The number of imidazole rings is 1. The van der Waals surface area contributed by atoms with Crippen molar-refractivity contribution in [1.29, 1.82) is 0 Å². The molecule has 0 bridgehead atoms. The summed E-state index contributed by atoms with van der Waals surface area (Å²) in [5.41, 5.74) is 3.82. The molecule has 0 radical (unpaired) electrons. The maximum absolute atomic E-state index is 5.56. The van der Waals surface area contributed by atoms with Crippen LogP contribution in [-0.2, 0) is 13.5 Å². The van der Waals surface area contributed by atoms with Crippen molar-refractivity contribution >= 4 is 11.3 Å². The van der Waals surface area contributed by atoms with E-state index in [1.165, 1.54) is 4.88 Å². The number of thiophene rings is 1. The third-order valence-corrected chi connectivity index (χ3v) is 3.48. The first kappa shape index (κ1) is 11.3. The van der Waals surface area contributed by atoms with Crippen molar-refractivity contribution in [3.63, 3.8) is 0 Å². The molecular formula is C11H16N4S. The quantitative estimate of drug-likeness (QED) is 0.612. The SMILES string of the molecule is Cn1cnc(C(CCc2cccs2)NN)c1. The van der Waals surface area contributed by atoms with E-state index in [9.17, 15) is 0 Å². The van der Waals surface area contributed by atoms with Crippen LogP contribution in [0.3, 0.4) is 0 Å². The lowest BCUT2D eigenvalue weighted by atomic mass is 10.1. The normalized spacial score (nSPS) is 12.9. The minimum Gasteiger partial charge on any atom is -0.340 e. The summed E-state index contributed by atoms with van der Waals surface area (Å²) in [4.78, 5) is 5.70. The minimum absolute atomic E-state index is 0.128. The van der Waals surface area contributed by atoms with Gasteiger partial charge in [-0.1, -0.05) is 6.07 Å². The maximum Gasteiger partial charge on any atom is 0.0947 e. The molecule has 0 aliphatic rings. The number of rotatable bonds is 5. The molecule has 16 heavy (non-hydrogen) atoms. The first-order valence-electron chi connectivity index (χ1n) is 5.26. The van der Waals surface area contributed by atoms with E-state index in [0.717, 1.165) is 18.5 Å². The van der Waals surface area contributed by atoms with E-state index >= 15 is 0 Å². The number of nitrogens with one attached hydrogen (secondary N) is 1. The third kappa shape index (κ3) is 2.69. The Labute approximate surface area is 99.1 Å². The number of hydrogen-bond acceptors (Lipinski definition) is 4.